The summed E-state index contributed by atoms with van der Waals surface area (Å²) in [5.74, 6) is 0.217. The van der Waals surface area contributed by atoms with E-state index in [1.165, 1.54) is 12.1 Å². The molecule has 0 bridgehead atoms. The monoisotopic (exact) mass is 421 g/mol. The van der Waals surface area contributed by atoms with Gasteiger partial charge in [-0.1, -0.05) is 24.3 Å². The minimum Gasteiger partial charge on any atom is -0.497 e. The van der Waals surface area contributed by atoms with E-state index < -0.39 is 17.7 Å². The SMILES string of the molecule is CCOC(=O)c1sc(-c2ccc(C(F)(F)F)cc2)nc1Cc1ccc(OC)cc1. The predicted molar refractivity (Wildman–Crippen MR) is 104 cm³/mol. The molecule has 4 nitrogen and oxygen atoms in total. The van der Waals surface area contributed by atoms with E-state index in [0.717, 1.165) is 29.0 Å². The summed E-state index contributed by atoms with van der Waals surface area (Å²) >= 11 is 1.11. The van der Waals surface area contributed by atoms with Gasteiger partial charge in [-0.05, 0) is 36.8 Å². The normalized spacial score (nSPS) is 11.3. The molecule has 0 atom stereocenters. The Balaban J connectivity index is 1.94. The van der Waals surface area contributed by atoms with Crippen molar-refractivity contribution in [3.63, 3.8) is 0 Å². The van der Waals surface area contributed by atoms with Gasteiger partial charge in [0.15, 0.2) is 0 Å². The van der Waals surface area contributed by atoms with E-state index in [4.69, 9.17) is 9.47 Å². The molecule has 3 aromatic rings. The van der Waals surface area contributed by atoms with Crippen molar-refractivity contribution in [2.45, 2.75) is 19.5 Å². The van der Waals surface area contributed by atoms with Crippen molar-refractivity contribution >= 4 is 17.3 Å². The average molecular weight is 421 g/mol. The van der Waals surface area contributed by atoms with Crippen LogP contribution in [0.1, 0.15) is 33.4 Å². The highest BCUT2D eigenvalue weighted by molar-refractivity contribution is 7.17. The lowest BCUT2D eigenvalue weighted by atomic mass is 10.1. The smallest absolute Gasteiger partial charge is 0.416 e. The van der Waals surface area contributed by atoms with Gasteiger partial charge in [0, 0.05) is 12.0 Å². The Morgan fingerprint density at radius 2 is 1.72 bits per heavy atom. The highest BCUT2D eigenvalue weighted by Crippen LogP contribution is 2.34. The zero-order valence-electron chi connectivity index (χ0n) is 15.7. The number of rotatable bonds is 6. The molecule has 0 fully saturated rings. The van der Waals surface area contributed by atoms with Gasteiger partial charge < -0.3 is 9.47 Å². The molecule has 152 valence electrons. The van der Waals surface area contributed by atoms with Crippen LogP contribution in [0, 0.1) is 0 Å². The van der Waals surface area contributed by atoms with Gasteiger partial charge >= 0.3 is 12.1 Å². The summed E-state index contributed by atoms with van der Waals surface area (Å²) in [6.45, 7) is 1.92. The first kappa shape index (κ1) is 20.9. The second-order valence-corrected chi connectivity index (χ2v) is 7.11. The third-order valence-electron chi connectivity index (χ3n) is 4.15. The third-order valence-corrected chi connectivity index (χ3v) is 5.27. The predicted octanol–water partition coefficient (Wildman–Crippen LogP) is 5.61. The minimum absolute atomic E-state index is 0.217. The van der Waals surface area contributed by atoms with Gasteiger partial charge in [0.05, 0.1) is 25.0 Å². The molecule has 0 saturated heterocycles. The van der Waals surface area contributed by atoms with E-state index in [2.05, 4.69) is 4.98 Å². The van der Waals surface area contributed by atoms with E-state index in [0.29, 0.717) is 33.3 Å². The summed E-state index contributed by atoms with van der Waals surface area (Å²) in [5.41, 5.74) is 1.21. The summed E-state index contributed by atoms with van der Waals surface area (Å²) in [6, 6.07) is 12.1. The Labute approximate surface area is 169 Å². The van der Waals surface area contributed by atoms with Crippen molar-refractivity contribution in [2.24, 2.45) is 0 Å². The Bertz CT molecular complexity index is 980. The molecular weight excluding hydrogens is 403 g/mol. The van der Waals surface area contributed by atoms with Gasteiger partial charge in [0.2, 0.25) is 0 Å². The van der Waals surface area contributed by atoms with Crippen LogP contribution in [-0.4, -0.2) is 24.7 Å². The van der Waals surface area contributed by atoms with Crippen LogP contribution in [-0.2, 0) is 17.3 Å². The average Bonchev–Trinajstić information content (AvgIpc) is 3.12. The van der Waals surface area contributed by atoms with E-state index in [-0.39, 0.29) is 6.61 Å². The second kappa shape index (κ2) is 8.65. The number of alkyl halides is 3. The van der Waals surface area contributed by atoms with Crippen molar-refractivity contribution < 1.29 is 27.4 Å². The molecule has 8 heteroatoms. The number of halogens is 3. The molecule has 1 heterocycles. The van der Waals surface area contributed by atoms with Crippen LogP contribution in [0.15, 0.2) is 48.5 Å². The van der Waals surface area contributed by atoms with Gasteiger partial charge in [-0.15, -0.1) is 11.3 Å². The first-order valence-corrected chi connectivity index (χ1v) is 9.61. The van der Waals surface area contributed by atoms with Gasteiger partial charge in [0.1, 0.15) is 15.6 Å². The summed E-state index contributed by atoms with van der Waals surface area (Å²) in [6.07, 6.45) is -4.02. The van der Waals surface area contributed by atoms with Crippen LogP contribution in [0.25, 0.3) is 10.6 Å². The molecule has 0 amide bonds. The third kappa shape index (κ3) is 4.95. The first-order chi connectivity index (χ1) is 13.8. The van der Waals surface area contributed by atoms with E-state index >= 15 is 0 Å². The maximum atomic E-state index is 12.8. The van der Waals surface area contributed by atoms with Crippen LogP contribution >= 0.6 is 11.3 Å². The number of hydrogen-bond acceptors (Lipinski definition) is 5. The van der Waals surface area contributed by atoms with E-state index in [1.54, 1.807) is 14.0 Å². The van der Waals surface area contributed by atoms with Crippen LogP contribution in [0.5, 0.6) is 5.75 Å². The fraction of sp³-hybridized carbons (Fsp3) is 0.238. The number of thiazole rings is 1. The fourth-order valence-corrected chi connectivity index (χ4v) is 3.67. The molecule has 1 aromatic heterocycles. The quantitative estimate of drug-likeness (QED) is 0.486. The molecule has 0 aliphatic rings. The van der Waals surface area contributed by atoms with Crippen molar-refractivity contribution in [1.82, 2.24) is 4.98 Å². The Hall–Kier alpha value is -2.87. The first-order valence-electron chi connectivity index (χ1n) is 8.79. The highest BCUT2D eigenvalue weighted by atomic mass is 32.1. The van der Waals surface area contributed by atoms with Crippen molar-refractivity contribution in [3.8, 4) is 16.3 Å². The van der Waals surface area contributed by atoms with E-state index in [1.807, 2.05) is 24.3 Å². The number of carbonyl (C=O) groups is 1. The number of nitrogens with zero attached hydrogens (tertiary/aromatic N) is 1. The van der Waals surface area contributed by atoms with Gasteiger partial charge in [-0.2, -0.15) is 13.2 Å². The molecule has 0 spiro atoms. The van der Waals surface area contributed by atoms with Crippen molar-refractivity contribution in [2.75, 3.05) is 13.7 Å². The molecule has 0 aliphatic heterocycles. The molecule has 0 unspecified atom stereocenters. The molecule has 0 aliphatic carbocycles. The molecule has 0 N–H and O–H groups in total. The summed E-state index contributed by atoms with van der Waals surface area (Å²) in [5, 5.41) is 0.463. The zero-order valence-corrected chi connectivity index (χ0v) is 16.6. The van der Waals surface area contributed by atoms with Crippen LogP contribution < -0.4 is 4.74 Å². The topological polar surface area (TPSA) is 48.4 Å². The number of methoxy groups -OCH3 is 1. The Kier molecular flexibility index (Phi) is 6.22. The largest absolute Gasteiger partial charge is 0.497 e. The summed E-state index contributed by atoms with van der Waals surface area (Å²) < 4.78 is 48.6. The minimum atomic E-state index is -4.41. The molecule has 29 heavy (non-hydrogen) atoms. The molecular formula is C21H18F3NO3S. The molecule has 0 saturated carbocycles. The number of esters is 1. The maximum Gasteiger partial charge on any atom is 0.416 e. The van der Waals surface area contributed by atoms with Crippen molar-refractivity contribution in [3.05, 3.63) is 70.2 Å². The lowest BCUT2D eigenvalue weighted by Gasteiger charge is -2.06. The van der Waals surface area contributed by atoms with E-state index in [9.17, 15) is 18.0 Å². The highest BCUT2D eigenvalue weighted by Gasteiger charge is 2.30. The fourth-order valence-electron chi connectivity index (χ4n) is 2.69. The molecule has 0 radical (unpaired) electrons. The standard InChI is InChI=1S/C21H18F3NO3S/c1-3-28-20(26)18-17(12-13-4-10-16(27-2)11-5-13)25-19(29-18)14-6-8-15(9-7-14)21(22,23)24/h4-11H,3,12H2,1-2H3. The second-order valence-electron chi connectivity index (χ2n) is 6.12. The maximum absolute atomic E-state index is 12.8. The number of benzene rings is 2. The Morgan fingerprint density at radius 1 is 1.07 bits per heavy atom. The number of carbonyl (C=O) groups excluding carboxylic acids is 1. The van der Waals surface area contributed by atoms with Gasteiger partial charge in [0.25, 0.3) is 0 Å². The number of hydrogen-bond donors (Lipinski definition) is 0. The number of aromatic nitrogens is 1. The molecule has 3 rings (SSSR count). The van der Waals surface area contributed by atoms with Gasteiger partial charge in [-0.25, -0.2) is 9.78 Å². The van der Waals surface area contributed by atoms with Crippen LogP contribution in [0.4, 0.5) is 13.2 Å². The lowest BCUT2D eigenvalue weighted by Crippen LogP contribution is -2.06. The number of ether oxygens (including phenoxy) is 2. The molecule has 2 aromatic carbocycles. The Morgan fingerprint density at radius 3 is 2.28 bits per heavy atom. The van der Waals surface area contributed by atoms with Crippen LogP contribution in [0.3, 0.4) is 0 Å². The van der Waals surface area contributed by atoms with Gasteiger partial charge in [-0.3, -0.25) is 0 Å². The van der Waals surface area contributed by atoms with Crippen molar-refractivity contribution in [1.29, 1.82) is 0 Å². The summed E-state index contributed by atoms with van der Waals surface area (Å²) in [4.78, 5) is 17.2. The zero-order chi connectivity index (χ0) is 21.0. The van der Waals surface area contributed by atoms with Crippen LogP contribution in [0.2, 0.25) is 0 Å². The lowest BCUT2D eigenvalue weighted by molar-refractivity contribution is -0.137. The summed E-state index contributed by atoms with van der Waals surface area (Å²) in [7, 11) is 1.57.